The second kappa shape index (κ2) is 10.1. The molecule has 0 aliphatic heterocycles. The SMILES string of the molecule is CCCCCCOc1ccc(/C=c2\sc3nc(-c4cccc(Cl)c4)nn3c2=O)cc1OC. The Labute approximate surface area is 195 Å². The molecule has 2 aromatic heterocycles. The molecule has 0 saturated carbocycles. The monoisotopic (exact) mass is 469 g/mol. The number of thiazole rings is 1. The van der Waals surface area contributed by atoms with Crippen LogP contribution in [0, 0.1) is 0 Å². The third kappa shape index (κ3) is 4.95. The molecule has 32 heavy (non-hydrogen) atoms. The van der Waals surface area contributed by atoms with Gasteiger partial charge < -0.3 is 9.47 Å². The van der Waals surface area contributed by atoms with Crippen LogP contribution in [0.25, 0.3) is 22.4 Å². The lowest BCUT2D eigenvalue weighted by Gasteiger charge is -2.11. The first-order chi connectivity index (χ1) is 15.6. The largest absolute Gasteiger partial charge is 0.493 e. The van der Waals surface area contributed by atoms with Crippen molar-refractivity contribution in [1.82, 2.24) is 14.6 Å². The van der Waals surface area contributed by atoms with Crippen molar-refractivity contribution in [2.75, 3.05) is 13.7 Å². The topological polar surface area (TPSA) is 65.7 Å². The minimum atomic E-state index is -0.207. The second-order valence-corrected chi connectivity index (χ2v) is 8.82. The fourth-order valence-electron chi connectivity index (χ4n) is 3.34. The highest BCUT2D eigenvalue weighted by Crippen LogP contribution is 2.28. The van der Waals surface area contributed by atoms with Crippen molar-refractivity contribution >= 4 is 34.0 Å². The first-order valence-electron chi connectivity index (χ1n) is 10.6. The lowest BCUT2D eigenvalue weighted by Crippen LogP contribution is -2.23. The van der Waals surface area contributed by atoms with Gasteiger partial charge in [-0.2, -0.15) is 9.50 Å². The first kappa shape index (κ1) is 22.3. The van der Waals surface area contributed by atoms with E-state index in [2.05, 4.69) is 17.0 Å². The summed E-state index contributed by atoms with van der Waals surface area (Å²) in [6.07, 6.45) is 6.40. The number of hydrogen-bond acceptors (Lipinski definition) is 6. The van der Waals surface area contributed by atoms with Crippen LogP contribution in [0.15, 0.2) is 47.3 Å². The van der Waals surface area contributed by atoms with Gasteiger partial charge in [-0.3, -0.25) is 4.79 Å². The molecule has 0 amide bonds. The Balaban J connectivity index is 1.58. The van der Waals surface area contributed by atoms with Gasteiger partial charge in [0, 0.05) is 10.6 Å². The summed E-state index contributed by atoms with van der Waals surface area (Å²) >= 11 is 7.35. The molecule has 0 aliphatic rings. The molecule has 0 unspecified atom stereocenters. The maximum Gasteiger partial charge on any atom is 0.291 e. The molecule has 0 spiro atoms. The van der Waals surface area contributed by atoms with Crippen LogP contribution in [0.5, 0.6) is 11.5 Å². The molecule has 4 aromatic rings. The van der Waals surface area contributed by atoms with Gasteiger partial charge in [0.15, 0.2) is 17.3 Å². The minimum Gasteiger partial charge on any atom is -0.493 e. The molecule has 8 heteroatoms. The van der Waals surface area contributed by atoms with Crippen molar-refractivity contribution in [3.8, 4) is 22.9 Å². The first-order valence-corrected chi connectivity index (χ1v) is 11.8. The Hall–Kier alpha value is -2.90. The van der Waals surface area contributed by atoms with Crippen LogP contribution in [0.4, 0.5) is 0 Å². The average molecular weight is 470 g/mol. The third-order valence-electron chi connectivity index (χ3n) is 5.01. The predicted octanol–water partition coefficient (Wildman–Crippen LogP) is 4.99. The van der Waals surface area contributed by atoms with Crippen molar-refractivity contribution in [1.29, 1.82) is 0 Å². The number of hydrogen-bond donors (Lipinski definition) is 0. The van der Waals surface area contributed by atoms with Crippen molar-refractivity contribution in [2.45, 2.75) is 32.6 Å². The van der Waals surface area contributed by atoms with Crippen LogP contribution in [-0.4, -0.2) is 28.3 Å². The summed E-state index contributed by atoms with van der Waals surface area (Å²) in [5.74, 6) is 1.83. The molecule has 2 heterocycles. The van der Waals surface area contributed by atoms with E-state index < -0.39 is 0 Å². The molecule has 166 valence electrons. The molecule has 0 atom stereocenters. The van der Waals surface area contributed by atoms with Gasteiger partial charge in [0.1, 0.15) is 0 Å². The van der Waals surface area contributed by atoms with Crippen molar-refractivity contribution < 1.29 is 9.47 Å². The van der Waals surface area contributed by atoms with Crippen LogP contribution in [0.2, 0.25) is 5.02 Å². The number of nitrogens with zero attached hydrogens (tertiary/aromatic N) is 3. The summed E-state index contributed by atoms with van der Waals surface area (Å²) in [7, 11) is 1.61. The van der Waals surface area contributed by atoms with Gasteiger partial charge in [-0.05, 0) is 42.3 Å². The Morgan fingerprint density at radius 3 is 2.75 bits per heavy atom. The van der Waals surface area contributed by atoms with E-state index in [1.807, 2.05) is 36.4 Å². The zero-order valence-corrected chi connectivity index (χ0v) is 19.6. The smallest absolute Gasteiger partial charge is 0.291 e. The van der Waals surface area contributed by atoms with Crippen LogP contribution >= 0.6 is 22.9 Å². The number of methoxy groups -OCH3 is 1. The van der Waals surface area contributed by atoms with Gasteiger partial charge in [0.25, 0.3) is 5.56 Å². The van der Waals surface area contributed by atoms with Gasteiger partial charge >= 0.3 is 0 Å². The Bertz CT molecular complexity index is 1330. The van der Waals surface area contributed by atoms with Crippen LogP contribution in [-0.2, 0) is 0 Å². The molecule has 6 nitrogen and oxygen atoms in total. The van der Waals surface area contributed by atoms with E-state index >= 15 is 0 Å². The summed E-state index contributed by atoms with van der Waals surface area (Å²) in [6, 6.07) is 12.9. The highest BCUT2D eigenvalue weighted by Gasteiger charge is 2.13. The zero-order valence-electron chi connectivity index (χ0n) is 18.0. The molecular formula is C24H24ClN3O3S. The maximum absolute atomic E-state index is 12.9. The fraction of sp³-hybridized carbons (Fsp3) is 0.292. The van der Waals surface area contributed by atoms with E-state index in [9.17, 15) is 4.79 Å². The van der Waals surface area contributed by atoms with E-state index in [-0.39, 0.29) is 5.56 Å². The van der Waals surface area contributed by atoms with Gasteiger partial charge in [0.2, 0.25) is 4.96 Å². The normalized spacial score (nSPS) is 11.9. The average Bonchev–Trinajstić information content (AvgIpc) is 3.34. The van der Waals surface area contributed by atoms with Gasteiger partial charge in [0.05, 0.1) is 18.2 Å². The molecule has 0 aliphatic carbocycles. The molecule has 0 saturated heterocycles. The van der Waals surface area contributed by atoms with Gasteiger partial charge in [-0.15, -0.1) is 5.10 Å². The van der Waals surface area contributed by atoms with Crippen molar-refractivity contribution in [2.24, 2.45) is 0 Å². The van der Waals surface area contributed by atoms with E-state index in [0.29, 0.717) is 38.4 Å². The summed E-state index contributed by atoms with van der Waals surface area (Å²) < 4.78 is 13.2. The Morgan fingerprint density at radius 1 is 1.12 bits per heavy atom. The van der Waals surface area contributed by atoms with E-state index in [0.717, 1.165) is 24.0 Å². The molecule has 4 rings (SSSR count). The summed E-state index contributed by atoms with van der Waals surface area (Å²) in [5, 5.41) is 4.97. The molecule has 0 N–H and O–H groups in total. The highest BCUT2D eigenvalue weighted by atomic mass is 35.5. The number of aromatic nitrogens is 3. The third-order valence-corrected chi connectivity index (χ3v) is 6.20. The number of rotatable bonds is 9. The van der Waals surface area contributed by atoms with Gasteiger partial charge in [-0.25, -0.2) is 0 Å². The second-order valence-electron chi connectivity index (χ2n) is 7.38. The number of halogens is 1. The number of fused-ring (bicyclic) bond motifs is 1. The van der Waals surface area contributed by atoms with E-state index in [4.69, 9.17) is 21.1 Å². The standard InChI is InChI=1S/C24H24ClN3O3S/c1-3-4-5-6-12-31-19-11-10-16(13-20(19)30-2)14-21-23(29)28-24(32-21)26-22(27-28)17-8-7-9-18(25)15-17/h7-11,13-15H,3-6,12H2,1-2H3/b21-14-. The van der Waals surface area contributed by atoms with Crippen molar-refractivity contribution in [3.05, 3.63) is 67.9 Å². The number of unbranched alkanes of at least 4 members (excludes halogenated alkanes) is 3. The number of ether oxygens (including phenoxy) is 2. The summed E-state index contributed by atoms with van der Waals surface area (Å²) in [6.45, 7) is 2.85. The minimum absolute atomic E-state index is 0.207. The highest BCUT2D eigenvalue weighted by molar-refractivity contribution is 7.15. The van der Waals surface area contributed by atoms with Gasteiger partial charge in [-0.1, -0.05) is 67.3 Å². The van der Waals surface area contributed by atoms with Crippen LogP contribution in [0.3, 0.4) is 0 Å². The van der Waals surface area contributed by atoms with Crippen LogP contribution < -0.4 is 19.6 Å². The molecular weight excluding hydrogens is 446 g/mol. The lowest BCUT2D eigenvalue weighted by molar-refractivity contribution is 0.285. The summed E-state index contributed by atoms with van der Waals surface area (Å²) in [5.41, 5.74) is 1.41. The lowest BCUT2D eigenvalue weighted by atomic mass is 10.2. The predicted molar refractivity (Wildman–Crippen MR) is 129 cm³/mol. The molecule has 0 bridgehead atoms. The Kier molecular flexibility index (Phi) is 7.07. The van der Waals surface area contributed by atoms with Crippen LogP contribution in [0.1, 0.15) is 38.2 Å². The Morgan fingerprint density at radius 2 is 2.00 bits per heavy atom. The van der Waals surface area contributed by atoms with E-state index in [1.165, 1.54) is 28.7 Å². The number of benzene rings is 2. The molecule has 0 fully saturated rings. The molecule has 2 aromatic carbocycles. The quantitative estimate of drug-likeness (QED) is 0.323. The zero-order chi connectivity index (χ0) is 22.5. The summed E-state index contributed by atoms with van der Waals surface area (Å²) in [4.78, 5) is 17.9. The molecule has 0 radical (unpaired) electrons. The maximum atomic E-state index is 12.9. The fourth-order valence-corrected chi connectivity index (χ4v) is 4.44. The van der Waals surface area contributed by atoms with Crippen molar-refractivity contribution in [3.63, 3.8) is 0 Å². The van der Waals surface area contributed by atoms with E-state index in [1.54, 1.807) is 19.2 Å².